The summed E-state index contributed by atoms with van der Waals surface area (Å²) in [6.45, 7) is 7.60. The molecule has 1 amide bonds. The molecule has 4 nitrogen and oxygen atoms in total. The highest BCUT2D eigenvalue weighted by Gasteiger charge is 2.20. The molecule has 0 spiro atoms. The van der Waals surface area contributed by atoms with E-state index >= 15 is 0 Å². The molecule has 3 N–H and O–H groups in total. The van der Waals surface area contributed by atoms with Crippen molar-refractivity contribution in [2.24, 2.45) is 11.1 Å². The summed E-state index contributed by atoms with van der Waals surface area (Å²) in [6.07, 6.45) is 4.28. The Morgan fingerprint density at radius 2 is 2.22 bits per heavy atom. The molecule has 0 saturated heterocycles. The van der Waals surface area contributed by atoms with E-state index in [0.717, 1.165) is 25.0 Å². The van der Waals surface area contributed by atoms with Crippen molar-refractivity contribution in [2.45, 2.75) is 40.0 Å². The van der Waals surface area contributed by atoms with E-state index in [1.807, 2.05) is 6.92 Å². The third-order valence-electron chi connectivity index (χ3n) is 3.10. The molecule has 1 aromatic rings. The Bertz CT molecular complexity index is 383. The molecule has 1 rings (SSSR count). The maximum absolute atomic E-state index is 12.0. The lowest BCUT2D eigenvalue weighted by Crippen LogP contribution is -2.34. The fraction of sp³-hybridized carbons (Fsp3) is 0.643. The summed E-state index contributed by atoms with van der Waals surface area (Å²) in [6, 6.07) is 1.72. The van der Waals surface area contributed by atoms with E-state index in [0.29, 0.717) is 18.7 Å². The average molecular weight is 252 g/mol. The monoisotopic (exact) mass is 252 g/mol. The van der Waals surface area contributed by atoms with Crippen molar-refractivity contribution >= 4 is 5.91 Å². The zero-order valence-corrected chi connectivity index (χ0v) is 11.6. The predicted molar refractivity (Wildman–Crippen MR) is 72.5 cm³/mol. The normalized spacial score (nSPS) is 11.6. The van der Waals surface area contributed by atoms with E-state index in [1.165, 1.54) is 0 Å². The molecule has 102 valence electrons. The fourth-order valence-electron chi connectivity index (χ4n) is 1.90. The van der Waals surface area contributed by atoms with Gasteiger partial charge in [0.05, 0.1) is 11.8 Å². The number of carbonyl (C=O) groups is 1. The van der Waals surface area contributed by atoms with Crippen LogP contribution in [0, 0.1) is 5.41 Å². The van der Waals surface area contributed by atoms with E-state index in [4.69, 9.17) is 10.2 Å². The van der Waals surface area contributed by atoms with Crippen LogP contribution in [-0.2, 0) is 6.42 Å². The summed E-state index contributed by atoms with van der Waals surface area (Å²) < 4.78 is 5.25. The SMILES string of the molecule is CCc1occc1C(=O)NCC(C)(C)CCCN. The van der Waals surface area contributed by atoms with Crippen molar-refractivity contribution in [3.63, 3.8) is 0 Å². The standard InChI is InChI=1S/C14H24N2O2/c1-4-12-11(6-9-18-12)13(17)16-10-14(2,3)7-5-8-15/h6,9H,4-5,7-8,10,15H2,1-3H3,(H,16,17). The minimum absolute atomic E-state index is 0.0542. The highest BCUT2D eigenvalue weighted by molar-refractivity contribution is 5.95. The van der Waals surface area contributed by atoms with Crippen LogP contribution in [0.5, 0.6) is 0 Å². The Balaban J connectivity index is 2.51. The second kappa shape index (κ2) is 6.59. The van der Waals surface area contributed by atoms with E-state index in [9.17, 15) is 4.79 Å². The molecule has 0 bridgehead atoms. The third-order valence-corrected chi connectivity index (χ3v) is 3.10. The van der Waals surface area contributed by atoms with Gasteiger partial charge in [-0.3, -0.25) is 4.79 Å². The summed E-state index contributed by atoms with van der Waals surface area (Å²) >= 11 is 0. The van der Waals surface area contributed by atoms with Gasteiger partial charge in [-0.15, -0.1) is 0 Å². The van der Waals surface area contributed by atoms with Gasteiger partial charge in [0.15, 0.2) is 0 Å². The quantitative estimate of drug-likeness (QED) is 0.782. The first kappa shape index (κ1) is 14.8. The minimum atomic E-state index is -0.0542. The summed E-state index contributed by atoms with van der Waals surface area (Å²) in [4.78, 5) is 12.0. The number of aryl methyl sites for hydroxylation is 1. The molecule has 0 aliphatic heterocycles. The van der Waals surface area contributed by atoms with Crippen molar-refractivity contribution in [3.8, 4) is 0 Å². The molecular formula is C14H24N2O2. The van der Waals surface area contributed by atoms with Crippen LogP contribution in [0.1, 0.15) is 49.7 Å². The molecule has 0 unspecified atom stereocenters. The maximum Gasteiger partial charge on any atom is 0.254 e. The Morgan fingerprint density at radius 1 is 1.50 bits per heavy atom. The van der Waals surface area contributed by atoms with Crippen LogP contribution >= 0.6 is 0 Å². The first-order valence-electron chi connectivity index (χ1n) is 6.55. The number of amides is 1. The molecule has 0 radical (unpaired) electrons. The van der Waals surface area contributed by atoms with Crippen LogP contribution in [0.2, 0.25) is 0 Å². The van der Waals surface area contributed by atoms with Gasteiger partial charge in [0.2, 0.25) is 0 Å². The molecule has 0 saturated carbocycles. The molecule has 18 heavy (non-hydrogen) atoms. The Labute approximate surface area is 109 Å². The van der Waals surface area contributed by atoms with Crippen molar-refractivity contribution in [2.75, 3.05) is 13.1 Å². The van der Waals surface area contributed by atoms with Crippen LogP contribution in [0.4, 0.5) is 0 Å². The number of rotatable bonds is 7. The highest BCUT2D eigenvalue weighted by atomic mass is 16.3. The molecule has 0 aliphatic carbocycles. The second-order valence-electron chi connectivity index (χ2n) is 5.35. The van der Waals surface area contributed by atoms with Crippen molar-refractivity contribution in [1.29, 1.82) is 0 Å². The first-order chi connectivity index (χ1) is 8.50. The van der Waals surface area contributed by atoms with Gasteiger partial charge in [0.1, 0.15) is 5.76 Å². The largest absolute Gasteiger partial charge is 0.469 e. The van der Waals surface area contributed by atoms with Gasteiger partial charge >= 0.3 is 0 Å². The number of carbonyl (C=O) groups excluding carboxylic acids is 1. The molecule has 0 aromatic carbocycles. The summed E-state index contributed by atoms with van der Waals surface area (Å²) in [5.74, 6) is 0.689. The van der Waals surface area contributed by atoms with Gasteiger partial charge in [-0.1, -0.05) is 20.8 Å². The van der Waals surface area contributed by atoms with Crippen LogP contribution in [0.15, 0.2) is 16.7 Å². The average Bonchev–Trinajstić information content (AvgIpc) is 2.82. The Kier molecular flexibility index (Phi) is 5.41. The zero-order chi connectivity index (χ0) is 13.6. The lowest BCUT2D eigenvalue weighted by molar-refractivity contribution is 0.0932. The smallest absolute Gasteiger partial charge is 0.254 e. The van der Waals surface area contributed by atoms with Gasteiger partial charge in [-0.05, 0) is 30.9 Å². The summed E-state index contributed by atoms with van der Waals surface area (Å²) in [5.41, 5.74) is 6.23. The van der Waals surface area contributed by atoms with E-state index < -0.39 is 0 Å². The fourth-order valence-corrected chi connectivity index (χ4v) is 1.90. The van der Waals surface area contributed by atoms with Crippen LogP contribution in [0.25, 0.3) is 0 Å². The molecule has 1 aromatic heterocycles. The number of hydrogen-bond donors (Lipinski definition) is 2. The predicted octanol–water partition coefficient (Wildman–Crippen LogP) is 2.34. The van der Waals surface area contributed by atoms with Crippen molar-refractivity contribution < 1.29 is 9.21 Å². The molecule has 4 heteroatoms. The maximum atomic E-state index is 12.0. The van der Waals surface area contributed by atoms with Crippen molar-refractivity contribution in [1.82, 2.24) is 5.32 Å². The van der Waals surface area contributed by atoms with Gasteiger partial charge in [0.25, 0.3) is 5.91 Å². The van der Waals surface area contributed by atoms with Crippen LogP contribution in [0.3, 0.4) is 0 Å². The summed E-state index contributed by atoms with van der Waals surface area (Å²) in [5, 5.41) is 2.97. The lowest BCUT2D eigenvalue weighted by Gasteiger charge is -2.24. The minimum Gasteiger partial charge on any atom is -0.469 e. The number of nitrogens with one attached hydrogen (secondary N) is 1. The first-order valence-corrected chi connectivity index (χ1v) is 6.55. The number of nitrogens with two attached hydrogens (primary N) is 1. The van der Waals surface area contributed by atoms with E-state index in [1.54, 1.807) is 12.3 Å². The Morgan fingerprint density at radius 3 is 2.83 bits per heavy atom. The van der Waals surface area contributed by atoms with E-state index in [-0.39, 0.29) is 11.3 Å². The van der Waals surface area contributed by atoms with Gasteiger partial charge < -0.3 is 15.5 Å². The molecule has 0 fully saturated rings. The lowest BCUT2D eigenvalue weighted by atomic mass is 9.87. The van der Waals surface area contributed by atoms with Crippen molar-refractivity contribution in [3.05, 3.63) is 23.7 Å². The van der Waals surface area contributed by atoms with E-state index in [2.05, 4.69) is 19.2 Å². The molecular weight excluding hydrogens is 228 g/mol. The molecule has 0 atom stereocenters. The highest BCUT2D eigenvalue weighted by Crippen LogP contribution is 2.21. The van der Waals surface area contributed by atoms with Gasteiger partial charge in [0, 0.05) is 13.0 Å². The topological polar surface area (TPSA) is 68.3 Å². The van der Waals surface area contributed by atoms with Crippen LogP contribution in [-0.4, -0.2) is 19.0 Å². The van der Waals surface area contributed by atoms with Gasteiger partial charge in [-0.2, -0.15) is 0 Å². The summed E-state index contributed by atoms with van der Waals surface area (Å²) in [7, 11) is 0. The number of hydrogen-bond acceptors (Lipinski definition) is 3. The van der Waals surface area contributed by atoms with Crippen LogP contribution < -0.4 is 11.1 Å². The third kappa shape index (κ3) is 4.18. The Hall–Kier alpha value is -1.29. The zero-order valence-electron chi connectivity index (χ0n) is 11.6. The second-order valence-corrected chi connectivity index (χ2v) is 5.35. The van der Waals surface area contributed by atoms with Gasteiger partial charge in [-0.25, -0.2) is 0 Å². The number of furan rings is 1. The molecule has 0 aliphatic rings. The molecule has 1 heterocycles.